The van der Waals surface area contributed by atoms with E-state index in [1.807, 2.05) is 32.0 Å². The van der Waals surface area contributed by atoms with Gasteiger partial charge in [-0.2, -0.15) is 5.10 Å². The molecule has 0 aliphatic rings. The molecule has 0 saturated carbocycles. The number of amides is 1. The smallest absolute Gasteiger partial charge is 0.276 e. The van der Waals surface area contributed by atoms with Crippen LogP contribution in [0.25, 0.3) is 0 Å². The highest BCUT2D eigenvalue weighted by Gasteiger charge is 2.18. The minimum Gasteiger partial charge on any atom is -0.320 e. The van der Waals surface area contributed by atoms with Crippen LogP contribution < -0.4 is 5.32 Å². The Hall–Kier alpha value is -2.73. The molecule has 132 valence electrons. The molecular formula is C20H18BrN3O2. The number of nitrogens with zero attached hydrogens (tertiary/aromatic N) is 2. The molecule has 0 saturated heterocycles. The first-order valence-corrected chi connectivity index (χ1v) is 9.04. The number of aromatic nitrogens is 2. The van der Waals surface area contributed by atoms with Gasteiger partial charge in [-0.15, -0.1) is 0 Å². The van der Waals surface area contributed by atoms with Gasteiger partial charge in [0, 0.05) is 27.8 Å². The number of halogens is 1. The summed E-state index contributed by atoms with van der Waals surface area (Å²) in [4.78, 5) is 25.4. The lowest BCUT2D eigenvalue weighted by molar-refractivity contribution is 0.102. The zero-order chi connectivity index (χ0) is 18.7. The second kappa shape index (κ2) is 7.66. The zero-order valence-electron chi connectivity index (χ0n) is 14.5. The van der Waals surface area contributed by atoms with Gasteiger partial charge in [-0.3, -0.25) is 14.3 Å². The third kappa shape index (κ3) is 3.75. The molecule has 2 aromatic carbocycles. The second-order valence-electron chi connectivity index (χ2n) is 5.83. The Morgan fingerprint density at radius 1 is 1.12 bits per heavy atom. The lowest BCUT2D eigenvalue weighted by Gasteiger charge is -2.10. The maximum Gasteiger partial charge on any atom is 0.276 e. The maximum atomic E-state index is 12.9. The number of benzene rings is 2. The average Bonchev–Trinajstić information content (AvgIpc) is 3.04. The van der Waals surface area contributed by atoms with Crippen molar-refractivity contribution in [1.82, 2.24) is 9.78 Å². The van der Waals surface area contributed by atoms with Crippen molar-refractivity contribution in [2.45, 2.75) is 20.4 Å². The van der Waals surface area contributed by atoms with Gasteiger partial charge in [0.2, 0.25) is 0 Å². The molecule has 1 amide bonds. The molecule has 0 spiro atoms. The Morgan fingerprint density at radius 2 is 1.85 bits per heavy atom. The van der Waals surface area contributed by atoms with Crippen molar-refractivity contribution in [2.24, 2.45) is 0 Å². The number of nitrogens with one attached hydrogen (secondary N) is 1. The summed E-state index contributed by atoms with van der Waals surface area (Å²) in [6.45, 7) is 4.56. The van der Waals surface area contributed by atoms with Crippen LogP contribution >= 0.6 is 15.9 Å². The summed E-state index contributed by atoms with van der Waals surface area (Å²) < 4.78 is 2.52. The fourth-order valence-electron chi connectivity index (χ4n) is 2.69. The van der Waals surface area contributed by atoms with Crippen molar-refractivity contribution in [3.05, 3.63) is 81.6 Å². The zero-order valence-corrected chi connectivity index (χ0v) is 16.1. The first kappa shape index (κ1) is 18.1. The van der Waals surface area contributed by atoms with E-state index in [4.69, 9.17) is 0 Å². The lowest BCUT2D eigenvalue weighted by atomic mass is 10.0. The first-order valence-electron chi connectivity index (χ1n) is 8.24. The number of hydrogen-bond donors (Lipinski definition) is 1. The van der Waals surface area contributed by atoms with Gasteiger partial charge >= 0.3 is 0 Å². The molecular weight excluding hydrogens is 394 g/mol. The summed E-state index contributed by atoms with van der Waals surface area (Å²) in [7, 11) is 0. The summed E-state index contributed by atoms with van der Waals surface area (Å²) in [5.74, 6) is -0.498. The van der Waals surface area contributed by atoms with Crippen LogP contribution in [0.5, 0.6) is 0 Å². The van der Waals surface area contributed by atoms with Gasteiger partial charge in [0.1, 0.15) is 0 Å². The molecule has 1 aromatic heterocycles. The van der Waals surface area contributed by atoms with Gasteiger partial charge in [-0.05, 0) is 38.1 Å². The summed E-state index contributed by atoms with van der Waals surface area (Å²) in [6, 6.07) is 15.9. The van der Waals surface area contributed by atoms with Crippen molar-refractivity contribution in [3.63, 3.8) is 0 Å². The molecule has 1 N–H and O–H groups in total. The molecule has 6 heteroatoms. The van der Waals surface area contributed by atoms with Gasteiger partial charge < -0.3 is 5.32 Å². The molecule has 0 aliphatic heterocycles. The molecule has 0 aliphatic carbocycles. The predicted octanol–water partition coefficient (Wildman–Crippen LogP) is 4.46. The minimum atomic E-state index is -0.343. The predicted molar refractivity (Wildman–Crippen MR) is 105 cm³/mol. The van der Waals surface area contributed by atoms with E-state index < -0.39 is 0 Å². The van der Waals surface area contributed by atoms with E-state index >= 15 is 0 Å². The third-order valence-corrected chi connectivity index (χ3v) is 4.52. The average molecular weight is 412 g/mol. The largest absolute Gasteiger partial charge is 0.320 e. The highest BCUT2D eigenvalue weighted by molar-refractivity contribution is 9.10. The van der Waals surface area contributed by atoms with Crippen LogP contribution in [-0.4, -0.2) is 21.5 Å². The molecule has 0 atom stereocenters. The molecule has 3 rings (SSSR count). The summed E-state index contributed by atoms with van der Waals surface area (Å²) >= 11 is 3.39. The Labute approximate surface area is 160 Å². The van der Waals surface area contributed by atoms with Crippen LogP contribution in [0.3, 0.4) is 0 Å². The summed E-state index contributed by atoms with van der Waals surface area (Å²) in [5, 5.41) is 7.10. The van der Waals surface area contributed by atoms with E-state index in [1.54, 1.807) is 41.1 Å². The van der Waals surface area contributed by atoms with Gasteiger partial charge in [-0.25, -0.2) is 0 Å². The molecule has 0 fully saturated rings. The Morgan fingerprint density at radius 3 is 2.50 bits per heavy atom. The van der Waals surface area contributed by atoms with Crippen molar-refractivity contribution in [1.29, 1.82) is 0 Å². The molecule has 1 heterocycles. The SMILES string of the molecule is CCn1nc(C(=O)Nc2ccc(Br)cc2C(=O)c2ccccc2)cc1C. The van der Waals surface area contributed by atoms with Crippen molar-refractivity contribution in [2.75, 3.05) is 5.32 Å². The van der Waals surface area contributed by atoms with E-state index in [9.17, 15) is 9.59 Å². The topological polar surface area (TPSA) is 64.0 Å². The van der Waals surface area contributed by atoms with Crippen molar-refractivity contribution >= 4 is 33.3 Å². The molecule has 3 aromatic rings. The van der Waals surface area contributed by atoms with Crippen LogP contribution in [0, 0.1) is 6.92 Å². The number of carbonyl (C=O) groups is 2. The first-order chi connectivity index (χ1) is 12.5. The second-order valence-corrected chi connectivity index (χ2v) is 6.74. The van der Waals surface area contributed by atoms with Crippen LogP contribution in [0.15, 0.2) is 59.1 Å². The Kier molecular flexibility index (Phi) is 5.32. The highest BCUT2D eigenvalue weighted by atomic mass is 79.9. The number of carbonyl (C=O) groups excluding carboxylic acids is 2. The number of hydrogen-bond acceptors (Lipinski definition) is 3. The van der Waals surface area contributed by atoms with E-state index in [0.717, 1.165) is 10.2 Å². The number of rotatable bonds is 5. The highest BCUT2D eigenvalue weighted by Crippen LogP contribution is 2.24. The lowest BCUT2D eigenvalue weighted by Crippen LogP contribution is -2.16. The standard InChI is InChI=1S/C20H18BrN3O2/c1-3-24-13(2)11-18(23-24)20(26)22-17-10-9-15(21)12-16(17)19(25)14-7-5-4-6-8-14/h4-12H,3H2,1-2H3,(H,22,26). The van der Waals surface area contributed by atoms with Crippen LogP contribution in [-0.2, 0) is 6.54 Å². The summed E-state index contributed by atoms with van der Waals surface area (Å²) in [5.41, 5.74) is 2.67. The molecule has 0 unspecified atom stereocenters. The van der Waals surface area contributed by atoms with E-state index in [-0.39, 0.29) is 11.7 Å². The van der Waals surface area contributed by atoms with Crippen LogP contribution in [0.4, 0.5) is 5.69 Å². The number of aryl methyl sites for hydroxylation is 2. The van der Waals surface area contributed by atoms with E-state index in [2.05, 4.69) is 26.3 Å². The van der Waals surface area contributed by atoms with Crippen LogP contribution in [0.2, 0.25) is 0 Å². The van der Waals surface area contributed by atoms with Gasteiger partial charge in [-0.1, -0.05) is 46.3 Å². The minimum absolute atomic E-state index is 0.155. The van der Waals surface area contributed by atoms with Gasteiger partial charge in [0.05, 0.1) is 5.69 Å². The quantitative estimate of drug-likeness (QED) is 0.630. The summed E-state index contributed by atoms with van der Waals surface area (Å²) in [6.07, 6.45) is 0. The van der Waals surface area contributed by atoms with Gasteiger partial charge in [0.15, 0.2) is 11.5 Å². The number of anilines is 1. The fraction of sp³-hybridized carbons (Fsp3) is 0.150. The third-order valence-electron chi connectivity index (χ3n) is 4.02. The Balaban J connectivity index is 1.93. The van der Waals surface area contributed by atoms with Crippen molar-refractivity contribution in [3.8, 4) is 0 Å². The van der Waals surface area contributed by atoms with E-state index in [0.29, 0.717) is 29.1 Å². The maximum absolute atomic E-state index is 12.9. The molecule has 5 nitrogen and oxygen atoms in total. The fourth-order valence-corrected chi connectivity index (χ4v) is 3.05. The molecule has 26 heavy (non-hydrogen) atoms. The monoisotopic (exact) mass is 411 g/mol. The van der Waals surface area contributed by atoms with Gasteiger partial charge in [0.25, 0.3) is 5.91 Å². The molecule has 0 bridgehead atoms. The molecule has 0 radical (unpaired) electrons. The van der Waals surface area contributed by atoms with Crippen molar-refractivity contribution < 1.29 is 9.59 Å². The normalized spacial score (nSPS) is 10.6. The number of ketones is 1. The van der Waals surface area contributed by atoms with Crippen LogP contribution in [0.1, 0.15) is 39.0 Å². The Bertz CT molecular complexity index is 964. The van der Waals surface area contributed by atoms with E-state index in [1.165, 1.54) is 0 Å².